The molecule has 0 aliphatic carbocycles. The van der Waals surface area contributed by atoms with E-state index < -0.39 is 27.2 Å². The maximum Gasteiger partial charge on any atom is 0.241 e. The molecular formula is C12H19N3O3S. The number of pyridine rings is 1. The highest BCUT2D eigenvalue weighted by Gasteiger charge is 2.30. The molecule has 106 valence electrons. The number of sulfonamides is 1. The van der Waals surface area contributed by atoms with Crippen molar-refractivity contribution in [3.8, 4) is 0 Å². The lowest BCUT2D eigenvalue weighted by Crippen LogP contribution is -2.43. The van der Waals surface area contributed by atoms with E-state index in [4.69, 9.17) is 0 Å². The summed E-state index contributed by atoms with van der Waals surface area (Å²) >= 11 is 0. The van der Waals surface area contributed by atoms with Crippen LogP contribution in [0, 0.1) is 0 Å². The SMILES string of the molecule is C[C@H](NS(=O)(=O)[C@@H](C)C(=O)N(C)C)c1cccnc1. The van der Waals surface area contributed by atoms with Crippen molar-refractivity contribution in [2.45, 2.75) is 25.1 Å². The second-order valence-electron chi connectivity index (χ2n) is 4.55. The van der Waals surface area contributed by atoms with Crippen LogP contribution in [0.2, 0.25) is 0 Å². The van der Waals surface area contributed by atoms with E-state index in [-0.39, 0.29) is 0 Å². The second-order valence-corrected chi connectivity index (χ2v) is 6.58. The summed E-state index contributed by atoms with van der Waals surface area (Å²) in [5, 5.41) is -1.12. The van der Waals surface area contributed by atoms with Gasteiger partial charge in [-0.25, -0.2) is 13.1 Å². The summed E-state index contributed by atoms with van der Waals surface area (Å²) in [4.78, 5) is 16.9. The Labute approximate surface area is 113 Å². The summed E-state index contributed by atoms with van der Waals surface area (Å²) in [6.07, 6.45) is 3.20. The molecule has 0 saturated heterocycles. The van der Waals surface area contributed by atoms with Gasteiger partial charge < -0.3 is 4.90 Å². The number of hydrogen-bond donors (Lipinski definition) is 1. The van der Waals surface area contributed by atoms with E-state index in [1.807, 2.05) is 0 Å². The molecular weight excluding hydrogens is 266 g/mol. The van der Waals surface area contributed by atoms with Crippen LogP contribution in [0.3, 0.4) is 0 Å². The molecule has 0 aliphatic rings. The molecule has 0 saturated carbocycles. The van der Waals surface area contributed by atoms with Gasteiger partial charge in [-0.2, -0.15) is 0 Å². The average molecular weight is 285 g/mol. The number of amides is 1. The number of carbonyl (C=O) groups excluding carboxylic acids is 1. The fourth-order valence-electron chi connectivity index (χ4n) is 1.54. The highest BCUT2D eigenvalue weighted by atomic mass is 32.2. The Hall–Kier alpha value is -1.47. The van der Waals surface area contributed by atoms with Gasteiger partial charge in [-0.15, -0.1) is 0 Å². The number of aromatic nitrogens is 1. The second kappa shape index (κ2) is 6.12. The average Bonchev–Trinajstić information content (AvgIpc) is 2.37. The first-order chi connectivity index (χ1) is 8.75. The molecule has 0 aliphatic heterocycles. The quantitative estimate of drug-likeness (QED) is 0.856. The predicted octanol–water partition coefficient (Wildman–Crippen LogP) is 0.539. The lowest BCUT2D eigenvalue weighted by atomic mass is 10.2. The molecule has 19 heavy (non-hydrogen) atoms. The standard InChI is InChI=1S/C12H19N3O3S/c1-9(11-6-5-7-13-8-11)14-19(17,18)10(2)12(16)15(3)4/h5-10,14H,1-4H3/t9-,10-/m0/s1. The lowest BCUT2D eigenvalue weighted by molar-refractivity contribution is -0.127. The minimum absolute atomic E-state index is 0.434. The van der Waals surface area contributed by atoms with Crippen LogP contribution < -0.4 is 4.72 Å². The molecule has 0 fully saturated rings. The zero-order valence-electron chi connectivity index (χ0n) is 11.5. The normalized spacial score (nSPS) is 14.7. The van der Waals surface area contributed by atoms with Gasteiger partial charge in [-0.1, -0.05) is 6.07 Å². The molecule has 0 aromatic carbocycles. The summed E-state index contributed by atoms with van der Waals surface area (Å²) in [5.41, 5.74) is 0.746. The van der Waals surface area contributed by atoms with Crippen molar-refractivity contribution in [1.29, 1.82) is 0 Å². The Kier molecular flexibility index (Phi) is 5.02. The number of rotatable bonds is 5. The third kappa shape index (κ3) is 4.00. The minimum Gasteiger partial charge on any atom is -0.348 e. The monoisotopic (exact) mass is 285 g/mol. The van der Waals surface area contributed by atoms with Crippen molar-refractivity contribution >= 4 is 15.9 Å². The van der Waals surface area contributed by atoms with Crippen molar-refractivity contribution in [3.05, 3.63) is 30.1 Å². The van der Waals surface area contributed by atoms with Crippen LogP contribution in [-0.4, -0.2) is 43.6 Å². The van der Waals surface area contributed by atoms with E-state index in [0.29, 0.717) is 0 Å². The van der Waals surface area contributed by atoms with Crippen molar-refractivity contribution in [1.82, 2.24) is 14.6 Å². The summed E-state index contributed by atoms with van der Waals surface area (Å²) in [5.74, 6) is -0.453. The highest BCUT2D eigenvalue weighted by molar-refractivity contribution is 7.90. The minimum atomic E-state index is -3.72. The number of nitrogens with zero attached hydrogens (tertiary/aromatic N) is 2. The maximum atomic E-state index is 12.1. The van der Waals surface area contributed by atoms with E-state index in [0.717, 1.165) is 5.56 Å². The zero-order chi connectivity index (χ0) is 14.6. The number of hydrogen-bond acceptors (Lipinski definition) is 4. The van der Waals surface area contributed by atoms with Crippen LogP contribution in [0.15, 0.2) is 24.5 Å². The first kappa shape index (κ1) is 15.6. The summed E-state index contributed by atoms with van der Waals surface area (Å²) in [6.45, 7) is 3.09. The smallest absolute Gasteiger partial charge is 0.241 e. The van der Waals surface area contributed by atoms with Gasteiger partial charge in [-0.3, -0.25) is 9.78 Å². The first-order valence-electron chi connectivity index (χ1n) is 5.88. The molecule has 1 N–H and O–H groups in total. The summed E-state index contributed by atoms with van der Waals surface area (Å²) < 4.78 is 26.7. The molecule has 1 rings (SSSR count). The van der Waals surface area contributed by atoms with Gasteiger partial charge >= 0.3 is 0 Å². The molecule has 7 heteroatoms. The fourth-order valence-corrected chi connectivity index (χ4v) is 2.85. The van der Waals surface area contributed by atoms with Crippen LogP contribution in [0.5, 0.6) is 0 Å². The predicted molar refractivity (Wildman–Crippen MR) is 72.9 cm³/mol. The van der Waals surface area contributed by atoms with Crippen molar-refractivity contribution in [2.75, 3.05) is 14.1 Å². The zero-order valence-corrected chi connectivity index (χ0v) is 12.3. The molecule has 0 unspecified atom stereocenters. The van der Waals surface area contributed by atoms with Crippen LogP contribution in [0.1, 0.15) is 25.5 Å². The first-order valence-corrected chi connectivity index (χ1v) is 7.42. The summed E-state index contributed by atoms with van der Waals surface area (Å²) in [7, 11) is -0.668. The van der Waals surface area contributed by atoms with Crippen LogP contribution in [-0.2, 0) is 14.8 Å². The van der Waals surface area contributed by atoms with Gasteiger partial charge in [0.15, 0.2) is 5.25 Å². The molecule has 1 aromatic heterocycles. The van der Waals surface area contributed by atoms with Gasteiger partial charge in [0.05, 0.1) is 0 Å². The van der Waals surface area contributed by atoms with Gasteiger partial charge in [0.25, 0.3) is 0 Å². The Balaban J connectivity index is 2.83. The van der Waals surface area contributed by atoms with Gasteiger partial charge in [0.2, 0.25) is 15.9 Å². The molecule has 1 aromatic rings. The van der Waals surface area contributed by atoms with Crippen molar-refractivity contribution in [2.24, 2.45) is 0 Å². The Morgan fingerprint density at radius 1 is 1.37 bits per heavy atom. The largest absolute Gasteiger partial charge is 0.348 e. The molecule has 2 atom stereocenters. The van der Waals surface area contributed by atoms with E-state index in [2.05, 4.69) is 9.71 Å². The lowest BCUT2D eigenvalue weighted by Gasteiger charge is -2.20. The van der Waals surface area contributed by atoms with Crippen LogP contribution in [0.4, 0.5) is 0 Å². The molecule has 1 heterocycles. The summed E-state index contributed by atoms with van der Waals surface area (Å²) in [6, 6.07) is 3.07. The molecule has 6 nitrogen and oxygen atoms in total. The Morgan fingerprint density at radius 3 is 2.47 bits per heavy atom. The van der Waals surface area contributed by atoms with Crippen LogP contribution in [0.25, 0.3) is 0 Å². The topological polar surface area (TPSA) is 79.4 Å². The molecule has 0 spiro atoms. The van der Waals surface area contributed by atoms with Crippen LogP contribution >= 0.6 is 0 Å². The molecule has 1 amide bonds. The molecule has 0 radical (unpaired) electrons. The maximum absolute atomic E-state index is 12.1. The van der Waals surface area contributed by atoms with E-state index >= 15 is 0 Å². The Morgan fingerprint density at radius 2 is 2.00 bits per heavy atom. The highest BCUT2D eigenvalue weighted by Crippen LogP contribution is 2.13. The van der Waals surface area contributed by atoms with Gasteiger partial charge in [0.1, 0.15) is 0 Å². The van der Waals surface area contributed by atoms with E-state index in [1.165, 1.54) is 25.9 Å². The number of carbonyl (C=O) groups is 1. The number of nitrogens with one attached hydrogen (secondary N) is 1. The van der Waals surface area contributed by atoms with Crippen molar-refractivity contribution < 1.29 is 13.2 Å². The van der Waals surface area contributed by atoms with Crippen molar-refractivity contribution in [3.63, 3.8) is 0 Å². The third-order valence-corrected chi connectivity index (χ3v) is 4.59. The Bertz CT molecular complexity index is 528. The molecule has 0 bridgehead atoms. The van der Waals surface area contributed by atoms with Gasteiger partial charge in [0, 0.05) is 32.5 Å². The van der Waals surface area contributed by atoms with E-state index in [1.54, 1.807) is 31.5 Å². The van der Waals surface area contributed by atoms with E-state index in [9.17, 15) is 13.2 Å². The van der Waals surface area contributed by atoms with Gasteiger partial charge in [-0.05, 0) is 25.5 Å². The fraction of sp³-hybridized carbons (Fsp3) is 0.500. The third-order valence-electron chi connectivity index (χ3n) is 2.78.